The van der Waals surface area contributed by atoms with E-state index in [1.807, 2.05) is 30.5 Å². The van der Waals surface area contributed by atoms with Gasteiger partial charge in [-0.1, -0.05) is 25.5 Å². The second-order valence-corrected chi connectivity index (χ2v) is 9.29. The summed E-state index contributed by atoms with van der Waals surface area (Å²) in [5.74, 6) is -0.183. The van der Waals surface area contributed by atoms with Gasteiger partial charge in [0.2, 0.25) is 5.91 Å². The number of aliphatic hydroxyl groups excluding tert-OH is 1. The van der Waals surface area contributed by atoms with Crippen LogP contribution in [0.5, 0.6) is 5.75 Å². The zero-order valence-corrected chi connectivity index (χ0v) is 20.8. The molecule has 1 aliphatic rings. The highest BCUT2D eigenvalue weighted by molar-refractivity contribution is 5.90. The van der Waals surface area contributed by atoms with E-state index in [2.05, 4.69) is 11.9 Å². The van der Waals surface area contributed by atoms with Crippen LogP contribution in [-0.2, 0) is 9.53 Å². The number of nitrogens with zero attached hydrogens (tertiary/aromatic N) is 1. The van der Waals surface area contributed by atoms with Crippen LogP contribution in [0.25, 0.3) is 10.9 Å². The molecule has 1 amide bonds. The molecule has 3 aromatic rings. The number of likely N-dealkylation sites (tertiary alicyclic amines) is 1. The SMILES string of the molecule is CCCC(c1ccc(C(=O)OC)cc1OC)c1c[nH]c2ccc(C(O)C3CCCN(C)C3=O)cc12. The van der Waals surface area contributed by atoms with Crippen molar-refractivity contribution in [1.82, 2.24) is 9.88 Å². The Kier molecular flexibility index (Phi) is 7.45. The number of nitrogens with one attached hydrogen (secondary N) is 1. The zero-order chi connectivity index (χ0) is 25.1. The summed E-state index contributed by atoms with van der Waals surface area (Å²) in [6.07, 6.45) is 4.56. The van der Waals surface area contributed by atoms with Crippen LogP contribution in [0.3, 0.4) is 0 Å². The molecule has 2 aromatic carbocycles. The van der Waals surface area contributed by atoms with Crippen molar-refractivity contribution in [3.63, 3.8) is 0 Å². The topological polar surface area (TPSA) is 91.9 Å². The van der Waals surface area contributed by atoms with Crippen LogP contribution < -0.4 is 4.74 Å². The van der Waals surface area contributed by atoms with E-state index in [9.17, 15) is 14.7 Å². The Labute approximate surface area is 206 Å². The standard InChI is InChI=1S/C28H34N2O5/c1-5-7-19(20-11-9-18(28(33)35-4)15-25(20)34-3)23-16-29-24-12-10-17(14-22(23)24)26(31)21-8-6-13-30(2)27(21)32/h9-12,14-16,19,21,26,29,31H,5-8,13H2,1-4H3. The average molecular weight is 479 g/mol. The summed E-state index contributed by atoms with van der Waals surface area (Å²) in [6, 6.07) is 11.3. The zero-order valence-electron chi connectivity index (χ0n) is 20.8. The fraction of sp³-hybridized carbons (Fsp3) is 0.429. The number of amides is 1. The average Bonchev–Trinajstić information content (AvgIpc) is 3.30. The molecule has 1 fully saturated rings. The van der Waals surface area contributed by atoms with Crippen LogP contribution in [0.2, 0.25) is 0 Å². The van der Waals surface area contributed by atoms with E-state index < -0.39 is 18.0 Å². The molecular weight excluding hydrogens is 444 g/mol. The molecule has 35 heavy (non-hydrogen) atoms. The Morgan fingerprint density at radius 2 is 2.00 bits per heavy atom. The van der Waals surface area contributed by atoms with Gasteiger partial charge in [-0.2, -0.15) is 0 Å². The van der Waals surface area contributed by atoms with Crippen molar-refractivity contribution in [2.24, 2.45) is 5.92 Å². The summed E-state index contributed by atoms with van der Waals surface area (Å²) in [5, 5.41) is 12.2. The number of rotatable bonds is 8. The molecule has 1 aliphatic heterocycles. The minimum atomic E-state index is -0.851. The van der Waals surface area contributed by atoms with Gasteiger partial charge in [0.1, 0.15) is 5.75 Å². The smallest absolute Gasteiger partial charge is 0.337 e. The molecule has 7 nitrogen and oxygen atoms in total. The normalized spacial score (nSPS) is 17.9. The van der Waals surface area contributed by atoms with E-state index in [0.717, 1.165) is 53.4 Å². The van der Waals surface area contributed by atoms with Crippen molar-refractivity contribution < 1.29 is 24.2 Å². The number of aromatic amines is 1. The number of aliphatic hydroxyl groups is 1. The quantitative estimate of drug-likeness (QED) is 0.454. The summed E-state index contributed by atoms with van der Waals surface area (Å²) in [4.78, 5) is 29.8. The number of piperidine rings is 1. The third-order valence-electron chi connectivity index (χ3n) is 7.15. The molecule has 0 aliphatic carbocycles. The molecule has 2 N–H and O–H groups in total. The lowest BCUT2D eigenvalue weighted by Crippen LogP contribution is -2.40. The van der Waals surface area contributed by atoms with Crippen molar-refractivity contribution >= 4 is 22.8 Å². The summed E-state index contributed by atoms with van der Waals surface area (Å²) in [6.45, 7) is 2.87. The Balaban J connectivity index is 1.75. The van der Waals surface area contributed by atoms with E-state index in [1.54, 1.807) is 31.2 Å². The van der Waals surface area contributed by atoms with Crippen molar-refractivity contribution in [2.75, 3.05) is 27.8 Å². The first-order chi connectivity index (χ1) is 16.9. The lowest BCUT2D eigenvalue weighted by Gasteiger charge is -2.32. The molecule has 7 heteroatoms. The number of hydrogen-bond donors (Lipinski definition) is 2. The summed E-state index contributed by atoms with van der Waals surface area (Å²) < 4.78 is 10.5. The third-order valence-corrected chi connectivity index (χ3v) is 7.15. The highest BCUT2D eigenvalue weighted by Crippen LogP contribution is 2.40. The first kappa shape index (κ1) is 24.8. The van der Waals surface area contributed by atoms with Gasteiger partial charge in [-0.15, -0.1) is 0 Å². The molecule has 3 atom stereocenters. The molecule has 1 aromatic heterocycles. The number of methoxy groups -OCH3 is 2. The lowest BCUT2D eigenvalue weighted by molar-refractivity contribution is -0.141. The molecule has 2 heterocycles. The third kappa shape index (κ3) is 4.78. The maximum absolute atomic E-state index is 12.7. The van der Waals surface area contributed by atoms with Crippen molar-refractivity contribution in [3.05, 3.63) is 64.8 Å². The second-order valence-electron chi connectivity index (χ2n) is 9.29. The number of benzene rings is 2. The van der Waals surface area contributed by atoms with Gasteiger partial charge in [0.15, 0.2) is 0 Å². The Bertz CT molecular complexity index is 1220. The van der Waals surface area contributed by atoms with E-state index in [1.165, 1.54) is 7.11 Å². The molecule has 0 bridgehead atoms. The second kappa shape index (κ2) is 10.5. The van der Waals surface area contributed by atoms with E-state index in [0.29, 0.717) is 17.7 Å². The van der Waals surface area contributed by atoms with E-state index >= 15 is 0 Å². The molecule has 186 valence electrons. The maximum atomic E-state index is 12.7. The van der Waals surface area contributed by atoms with Crippen molar-refractivity contribution in [2.45, 2.75) is 44.6 Å². The number of ether oxygens (including phenoxy) is 2. The largest absolute Gasteiger partial charge is 0.496 e. The van der Waals surface area contributed by atoms with E-state index in [-0.39, 0.29) is 11.8 Å². The molecule has 0 radical (unpaired) electrons. The first-order valence-electron chi connectivity index (χ1n) is 12.2. The number of aromatic nitrogens is 1. The number of carbonyl (C=O) groups is 2. The van der Waals surface area contributed by atoms with Crippen LogP contribution in [0.4, 0.5) is 0 Å². The number of esters is 1. The van der Waals surface area contributed by atoms with Gasteiger partial charge >= 0.3 is 5.97 Å². The van der Waals surface area contributed by atoms with Crippen LogP contribution >= 0.6 is 0 Å². The van der Waals surface area contributed by atoms with E-state index in [4.69, 9.17) is 9.47 Å². The predicted octanol–water partition coefficient (Wildman–Crippen LogP) is 4.80. The van der Waals surface area contributed by atoms with Gasteiger partial charge in [-0.05, 0) is 54.7 Å². The number of carbonyl (C=O) groups excluding carboxylic acids is 2. The summed E-state index contributed by atoms with van der Waals surface area (Å²) >= 11 is 0. The van der Waals surface area contributed by atoms with Gasteiger partial charge in [0.05, 0.1) is 31.8 Å². The monoisotopic (exact) mass is 478 g/mol. The minimum absolute atomic E-state index is 0.00238. The lowest BCUT2D eigenvalue weighted by atomic mass is 9.84. The molecule has 0 saturated carbocycles. The first-order valence-corrected chi connectivity index (χ1v) is 12.2. The number of H-pyrrole nitrogens is 1. The van der Waals surface area contributed by atoms with Gasteiger partial charge in [0.25, 0.3) is 0 Å². The molecule has 1 saturated heterocycles. The number of fused-ring (bicyclic) bond motifs is 1. The Morgan fingerprint density at radius 3 is 2.71 bits per heavy atom. The highest BCUT2D eigenvalue weighted by Gasteiger charge is 2.33. The fourth-order valence-electron chi connectivity index (χ4n) is 5.23. The summed E-state index contributed by atoms with van der Waals surface area (Å²) in [7, 11) is 4.76. The molecular formula is C28H34N2O5. The van der Waals surface area contributed by atoms with Gasteiger partial charge in [-0.25, -0.2) is 4.79 Å². The molecule has 4 rings (SSSR count). The maximum Gasteiger partial charge on any atom is 0.337 e. The Morgan fingerprint density at radius 1 is 1.20 bits per heavy atom. The Hall–Kier alpha value is -3.32. The van der Waals surface area contributed by atoms with Crippen LogP contribution in [0.15, 0.2) is 42.6 Å². The van der Waals surface area contributed by atoms with Gasteiger partial charge in [-0.3, -0.25) is 4.79 Å². The number of hydrogen-bond acceptors (Lipinski definition) is 5. The van der Waals surface area contributed by atoms with Crippen LogP contribution in [0, 0.1) is 5.92 Å². The van der Waals surface area contributed by atoms with Crippen molar-refractivity contribution in [1.29, 1.82) is 0 Å². The van der Waals surface area contributed by atoms with Gasteiger partial charge in [0, 0.05) is 42.2 Å². The van der Waals surface area contributed by atoms with Crippen LogP contribution in [-0.4, -0.2) is 54.7 Å². The fourth-order valence-corrected chi connectivity index (χ4v) is 5.23. The van der Waals surface area contributed by atoms with Crippen molar-refractivity contribution in [3.8, 4) is 5.75 Å². The molecule has 0 spiro atoms. The van der Waals surface area contributed by atoms with Crippen LogP contribution in [0.1, 0.15) is 71.7 Å². The molecule has 3 unspecified atom stereocenters. The predicted molar refractivity (Wildman–Crippen MR) is 135 cm³/mol. The summed E-state index contributed by atoms with van der Waals surface area (Å²) in [5.41, 5.74) is 4.23. The van der Waals surface area contributed by atoms with Gasteiger partial charge < -0.3 is 24.5 Å². The minimum Gasteiger partial charge on any atom is -0.496 e. The highest BCUT2D eigenvalue weighted by atomic mass is 16.5.